The molecule has 2 amide bonds. The highest BCUT2D eigenvalue weighted by Gasteiger charge is 2.57. The Morgan fingerprint density at radius 1 is 1.29 bits per heavy atom. The summed E-state index contributed by atoms with van der Waals surface area (Å²) in [5.74, 6) is 1.03. The number of benzene rings is 1. The topological polar surface area (TPSA) is 50.3 Å². The fourth-order valence-corrected chi connectivity index (χ4v) is 5.97. The van der Waals surface area contributed by atoms with Crippen molar-refractivity contribution in [3.8, 4) is 0 Å². The minimum absolute atomic E-state index is 0.0169. The monoisotopic (exact) mass is 373 g/mol. The van der Waals surface area contributed by atoms with Crippen LogP contribution in [0.25, 0.3) is 0 Å². The number of aryl methyl sites for hydroxylation is 1. The standard InChI is InChI=1S/C24H25N2O2/c1-24-11-10-19-18-7-3-2-6-17(18)8-9-20(19)21(24)13-22(27)26(23(24)28)15-16-5-4-12-25-14-16/h3-7,12,14,19-21H,8-11,13,15H2,1H3/t19-,20-,21+,24+/m1/s1. The SMILES string of the molecule is C[C@]12CC[C@@H]3c4cc[c]cc4CC[C@H]3[C@@H]1CC(=O)N(Cc1cccnc1)C2=O. The van der Waals surface area contributed by atoms with Crippen LogP contribution in [0.4, 0.5) is 0 Å². The number of fused-ring (bicyclic) bond motifs is 5. The Labute approximate surface area is 166 Å². The second kappa shape index (κ2) is 6.54. The zero-order chi connectivity index (χ0) is 19.3. The predicted molar refractivity (Wildman–Crippen MR) is 105 cm³/mol. The molecule has 2 aromatic rings. The highest BCUT2D eigenvalue weighted by atomic mass is 16.2. The third-order valence-corrected chi connectivity index (χ3v) is 7.45. The number of rotatable bonds is 2. The molecule has 0 bridgehead atoms. The molecular formula is C24H25N2O2. The van der Waals surface area contributed by atoms with E-state index in [1.807, 2.05) is 18.2 Å². The van der Waals surface area contributed by atoms with E-state index in [1.54, 1.807) is 12.4 Å². The molecule has 1 aromatic heterocycles. The van der Waals surface area contributed by atoms with Crippen LogP contribution in [-0.4, -0.2) is 21.7 Å². The number of amides is 2. The van der Waals surface area contributed by atoms with Crippen molar-refractivity contribution in [1.29, 1.82) is 0 Å². The van der Waals surface area contributed by atoms with E-state index in [4.69, 9.17) is 0 Å². The summed E-state index contributed by atoms with van der Waals surface area (Å²) in [5, 5.41) is 0. The van der Waals surface area contributed by atoms with E-state index in [2.05, 4.69) is 30.1 Å². The van der Waals surface area contributed by atoms with Gasteiger partial charge in [-0.1, -0.05) is 31.2 Å². The summed E-state index contributed by atoms with van der Waals surface area (Å²) in [7, 11) is 0. The maximum atomic E-state index is 13.5. The van der Waals surface area contributed by atoms with E-state index in [9.17, 15) is 9.59 Å². The van der Waals surface area contributed by atoms with Crippen LogP contribution in [0.15, 0.2) is 42.7 Å². The average molecular weight is 373 g/mol. The second-order valence-electron chi connectivity index (χ2n) is 8.85. The number of pyridine rings is 1. The van der Waals surface area contributed by atoms with E-state index >= 15 is 0 Å². The number of likely N-dealkylation sites (tertiary alicyclic amines) is 1. The van der Waals surface area contributed by atoms with Gasteiger partial charge in [0.2, 0.25) is 11.8 Å². The summed E-state index contributed by atoms with van der Waals surface area (Å²) in [6, 6.07) is 13.3. The molecule has 3 aliphatic rings. The Morgan fingerprint density at radius 3 is 3.00 bits per heavy atom. The Balaban J connectivity index is 1.44. The van der Waals surface area contributed by atoms with Gasteiger partial charge in [0.1, 0.15) is 0 Å². The van der Waals surface area contributed by atoms with Crippen molar-refractivity contribution in [2.45, 2.75) is 51.5 Å². The third-order valence-electron chi connectivity index (χ3n) is 7.45. The lowest BCUT2D eigenvalue weighted by Gasteiger charge is -2.54. The molecule has 1 radical (unpaired) electrons. The first kappa shape index (κ1) is 17.6. The Kier molecular flexibility index (Phi) is 4.11. The predicted octanol–water partition coefficient (Wildman–Crippen LogP) is 3.90. The average Bonchev–Trinajstić information content (AvgIpc) is 2.73. The summed E-state index contributed by atoms with van der Waals surface area (Å²) in [5.41, 5.74) is 3.30. The number of carbonyl (C=O) groups is 2. The number of hydrogen-bond acceptors (Lipinski definition) is 3. The van der Waals surface area contributed by atoms with Crippen LogP contribution in [-0.2, 0) is 22.6 Å². The van der Waals surface area contributed by atoms with Crippen molar-refractivity contribution in [3.63, 3.8) is 0 Å². The molecule has 1 saturated carbocycles. The van der Waals surface area contributed by atoms with Gasteiger partial charge in [-0.25, -0.2) is 0 Å². The summed E-state index contributed by atoms with van der Waals surface area (Å²) < 4.78 is 0. The molecule has 2 aliphatic carbocycles. The van der Waals surface area contributed by atoms with Crippen LogP contribution in [0, 0.1) is 23.3 Å². The molecule has 2 fully saturated rings. The van der Waals surface area contributed by atoms with Gasteiger partial charge in [-0.3, -0.25) is 19.5 Å². The van der Waals surface area contributed by atoms with E-state index in [0.29, 0.717) is 24.8 Å². The zero-order valence-corrected chi connectivity index (χ0v) is 16.2. The van der Waals surface area contributed by atoms with Gasteiger partial charge in [0.25, 0.3) is 0 Å². The van der Waals surface area contributed by atoms with Crippen LogP contribution in [0.3, 0.4) is 0 Å². The fraction of sp³-hybridized carbons (Fsp3) is 0.458. The molecule has 0 N–H and O–H groups in total. The maximum Gasteiger partial charge on any atom is 0.235 e. The van der Waals surface area contributed by atoms with Crippen LogP contribution >= 0.6 is 0 Å². The van der Waals surface area contributed by atoms with E-state index in [0.717, 1.165) is 31.2 Å². The fourth-order valence-electron chi connectivity index (χ4n) is 5.97. The summed E-state index contributed by atoms with van der Waals surface area (Å²) in [6.07, 6.45) is 7.91. The maximum absolute atomic E-state index is 13.5. The van der Waals surface area contributed by atoms with E-state index in [1.165, 1.54) is 16.0 Å². The number of aromatic nitrogens is 1. The van der Waals surface area contributed by atoms with Crippen LogP contribution in [0.2, 0.25) is 0 Å². The number of piperidine rings is 1. The van der Waals surface area contributed by atoms with Crippen molar-refractivity contribution in [1.82, 2.24) is 9.88 Å². The molecule has 0 unspecified atom stereocenters. The Morgan fingerprint density at radius 2 is 2.18 bits per heavy atom. The first-order valence-electron chi connectivity index (χ1n) is 10.3. The van der Waals surface area contributed by atoms with Crippen molar-refractivity contribution >= 4 is 11.8 Å². The Hall–Kier alpha value is -2.49. The lowest BCUT2D eigenvalue weighted by molar-refractivity contribution is -0.168. The van der Waals surface area contributed by atoms with Gasteiger partial charge >= 0.3 is 0 Å². The van der Waals surface area contributed by atoms with Gasteiger partial charge in [-0.05, 0) is 72.3 Å². The molecule has 4 heteroatoms. The van der Waals surface area contributed by atoms with Crippen molar-refractivity contribution in [2.75, 3.05) is 0 Å². The quantitative estimate of drug-likeness (QED) is 0.750. The van der Waals surface area contributed by atoms with Crippen molar-refractivity contribution in [3.05, 3.63) is 65.5 Å². The summed E-state index contributed by atoms with van der Waals surface area (Å²) in [6.45, 7) is 2.44. The molecular weight excluding hydrogens is 348 g/mol. The number of imide groups is 1. The minimum Gasteiger partial charge on any atom is -0.278 e. The molecule has 1 aromatic carbocycles. The lowest BCUT2D eigenvalue weighted by Crippen LogP contribution is -2.58. The third kappa shape index (κ3) is 2.61. The van der Waals surface area contributed by atoms with Crippen LogP contribution in [0.5, 0.6) is 0 Å². The van der Waals surface area contributed by atoms with Crippen molar-refractivity contribution < 1.29 is 9.59 Å². The zero-order valence-electron chi connectivity index (χ0n) is 16.2. The first-order chi connectivity index (χ1) is 13.6. The van der Waals surface area contributed by atoms with Gasteiger partial charge in [0.05, 0.1) is 12.0 Å². The molecule has 1 saturated heterocycles. The second-order valence-corrected chi connectivity index (χ2v) is 8.85. The normalized spacial score (nSPS) is 31.8. The molecule has 2 heterocycles. The van der Waals surface area contributed by atoms with E-state index in [-0.39, 0.29) is 17.7 Å². The minimum atomic E-state index is -0.435. The molecule has 4 nitrogen and oxygen atoms in total. The number of carbonyl (C=O) groups excluding carboxylic acids is 2. The first-order valence-corrected chi connectivity index (χ1v) is 10.3. The van der Waals surface area contributed by atoms with Gasteiger partial charge in [-0.2, -0.15) is 0 Å². The largest absolute Gasteiger partial charge is 0.278 e. The molecule has 0 spiro atoms. The van der Waals surface area contributed by atoms with Gasteiger partial charge in [0, 0.05) is 18.8 Å². The summed E-state index contributed by atoms with van der Waals surface area (Å²) in [4.78, 5) is 32.1. The summed E-state index contributed by atoms with van der Waals surface area (Å²) >= 11 is 0. The highest BCUT2D eigenvalue weighted by Crippen LogP contribution is 2.57. The smallest absolute Gasteiger partial charge is 0.235 e. The van der Waals surface area contributed by atoms with Gasteiger partial charge < -0.3 is 0 Å². The number of hydrogen-bond donors (Lipinski definition) is 0. The van der Waals surface area contributed by atoms with Crippen LogP contribution in [0.1, 0.15) is 55.2 Å². The lowest BCUT2D eigenvalue weighted by atomic mass is 9.52. The molecule has 143 valence electrons. The van der Waals surface area contributed by atoms with Gasteiger partial charge in [-0.15, -0.1) is 0 Å². The van der Waals surface area contributed by atoms with E-state index < -0.39 is 5.41 Å². The Bertz CT molecular complexity index is 925. The van der Waals surface area contributed by atoms with Crippen molar-refractivity contribution in [2.24, 2.45) is 17.3 Å². The molecule has 28 heavy (non-hydrogen) atoms. The number of nitrogens with zero attached hydrogens (tertiary/aromatic N) is 2. The molecule has 1 aliphatic heterocycles. The van der Waals surface area contributed by atoms with Gasteiger partial charge in [0.15, 0.2) is 0 Å². The highest BCUT2D eigenvalue weighted by molar-refractivity contribution is 6.01. The molecule has 4 atom stereocenters. The molecule has 5 rings (SSSR count). The van der Waals surface area contributed by atoms with Crippen LogP contribution < -0.4 is 0 Å².